The van der Waals surface area contributed by atoms with Crippen molar-refractivity contribution in [3.8, 4) is 11.8 Å². The molecule has 0 spiro atoms. The molecular weight excluding hydrogens is 378 g/mol. The standard InChI is InChI=1S/C20H21N3O4S/c1-14(27-18-9-6-15(13-21)7-10-18)20(24)22-23-28(25,26)19-11-8-16-4-2-3-5-17(16)12-19/h6-12,14,23H,2-5H2,1H3,(H,22,24)/t14-/m0/s1. The smallest absolute Gasteiger partial charge is 0.275 e. The van der Waals surface area contributed by atoms with E-state index in [4.69, 9.17) is 10.00 Å². The van der Waals surface area contributed by atoms with Gasteiger partial charge in [-0.05, 0) is 80.1 Å². The van der Waals surface area contributed by atoms with Crippen molar-refractivity contribution in [3.63, 3.8) is 0 Å². The average molecular weight is 399 g/mol. The molecule has 28 heavy (non-hydrogen) atoms. The maximum absolute atomic E-state index is 12.5. The molecule has 1 aliphatic carbocycles. The van der Waals surface area contributed by atoms with Gasteiger partial charge in [-0.15, -0.1) is 4.83 Å². The number of nitrogens with zero attached hydrogens (tertiary/aromatic N) is 1. The van der Waals surface area contributed by atoms with Gasteiger partial charge in [-0.25, -0.2) is 8.42 Å². The molecule has 1 atom stereocenters. The van der Waals surface area contributed by atoms with Crippen molar-refractivity contribution >= 4 is 15.9 Å². The first-order chi connectivity index (χ1) is 13.4. The quantitative estimate of drug-likeness (QED) is 0.724. The van der Waals surface area contributed by atoms with Crippen LogP contribution in [0, 0.1) is 11.3 Å². The van der Waals surface area contributed by atoms with Crippen molar-refractivity contribution in [1.82, 2.24) is 10.3 Å². The number of sulfonamides is 1. The van der Waals surface area contributed by atoms with E-state index in [0.29, 0.717) is 11.3 Å². The van der Waals surface area contributed by atoms with Crippen molar-refractivity contribution in [2.75, 3.05) is 0 Å². The number of nitriles is 1. The Morgan fingerprint density at radius 2 is 1.79 bits per heavy atom. The molecule has 0 fully saturated rings. The SMILES string of the molecule is C[C@H](Oc1ccc(C#N)cc1)C(=O)NNS(=O)(=O)c1ccc2c(c1)CCCC2. The van der Waals surface area contributed by atoms with E-state index in [2.05, 4.69) is 10.3 Å². The molecule has 3 rings (SSSR count). The Hall–Kier alpha value is -2.89. The summed E-state index contributed by atoms with van der Waals surface area (Å²) < 4.78 is 30.4. The van der Waals surface area contributed by atoms with Gasteiger partial charge in [0.1, 0.15) is 5.75 Å². The lowest BCUT2D eigenvalue weighted by Gasteiger charge is -2.18. The number of rotatable bonds is 6. The Balaban J connectivity index is 1.60. The molecule has 1 aliphatic rings. The van der Waals surface area contributed by atoms with Crippen LogP contribution in [-0.2, 0) is 27.7 Å². The monoisotopic (exact) mass is 399 g/mol. The molecule has 8 heteroatoms. The predicted octanol–water partition coefficient (Wildman–Crippen LogP) is 2.21. The number of amides is 1. The highest BCUT2D eigenvalue weighted by molar-refractivity contribution is 7.89. The summed E-state index contributed by atoms with van der Waals surface area (Å²) in [7, 11) is -3.88. The number of fused-ring (bicyclic) bond motifs is 1. The van der Waals surface area contributed by atoms with E-state index in [1.165, 1.54) is 12.5 Å². The highest BCUT2D eigenvalue weighted by Crippen LogP contribution is 2.23. The first kappa shape index (κ1) is 19.9. The predicted molar refractivity (Wildman–Crippen MR) is 103 cm³/mol. The molecule has 7 nitrogen and oxygen atoms in total. The van der Waals surface area contributed by atoms with Crippen LogP contribution in [0.4, 0.5) is 0 Å². The fourth-order valence-corrected chi connectivity index (χ4v) is 3.92. The van der Waals surface area contributed by atoms with Crippen molar-refractivity contribution < 1.29 is 17.9 Å². The lowest BCUT2D eigenvalue weighted by molar-refractivity contribution is -0.127. The molecule has 0 saturated heterocycles. The van der Waals surface area contributed by atoms with Crippen LogP contribution < -0.4 is 15.0 Å². The lowest BCUT2D eigenvalue weighted by atomic mass is 9.92. The Bertz CT molecular complexity index is 1010. The van der Waals surface area contributed by atoms with Gasteiger partial charge in [-0.2, -0.15) is 5.26 Å². The molecule has 0 saturated carbocycles. The molecule has 0 aliphatic heterocycles. The largest absolute Gasteiger partial charge is 0.481 e. The second kappa shape index (κ2) is 8.42. The number of nitrogens with one attached hydrogen (secondary N) is 2. The molecule has 0 heterocycles. The van der Waals surface area contributed by atoms with Crippen LogP contribution in [0.15, 0.2) is 47.4 Å². The topological polar surface area (TPSA) is 108 Å². The summed E-state index contributed by atoms with van der Waals surface area (Å²) in [6.45, 7) is 1.50. The molecule has 146 valence electrons. The summed E-state index contributed by atoms with van der Waals surface area (Å²) in [5.41, 5.74) is 4.88. The van der Waals surface area contributed by atoms with Crippen LogP contribution in [0.2, 0.25) is 0 Å². The molecule has 0 bridgehead atoms. The summed E-state index contributed by atoms with van der Waals surface area (Å²) in [5.74, 6) is -0.231. The number of ether oxygens (including phenoxy) is 1. The first-order valence-electron chi connectivity index (χ1n) is 8.99. The maximum Gasteiger partial charge on any atom is 0.275 e. The van der Waals surface area contributed by atoms with Crippen molar-refractivity contribution in [1.29, 1.82) is 5.26 Å². The Kier molecular flexibility index (Phi) is 5.97. The van der Waals surface area contributed by atoms with Crippen molar-refractivity contribution in [3.05, 3.63) is 59.2 Å². The molecule has 0 aromatic heterocycles. The lowest BCUT2D eigenvalue weighted by Crippen LogP contribution is -2.47. The van der Waals surface area contributed by atoms with Gasteiger partial charge in [0.2, 0.25) is 0 Å². The van der Waals surface area contributed by atoms with Crippen LogP contribution in [-0.4, -0.2) is 20.4 Å². The third-order valence-electron chi connectivity index (χ3n) is 4.60. The fraction of sp³-hybridized carbons (Fsp3) is 0.300. The number of hydrogen-bond donors (Lipinski definition) is 2. The normalized spacial score (nSPS) is 14.4. The van der Waals surface area contributed by atoms with Gasteiger partial charge in [0.25, 0.3) is 15.9 Å². The zero-order chi connectivity index (χ0) is 20.1. The minimum atomic E-state index is -3.88. The third kappa shape index (κ3) is 4.68. The van der Waals surface area contributed by atoms with Gasteiger partial charge < -0.3 is 4.74 Å². The van der Waals surface area contributed by atoms with Crippen LogP contribution >= 0.6 is 0 Å². The number of benzene rings is 2. The molecular formula is C20H21N3O4S. The van der Waals surface area contributed by atoms with Gasteiger partial charge in [0.15, 0.2) is 6.10 Å². The number of carbonyl (C=O) groups excluding carboxylic acids is 1. The average Bonchev–Trinajstić information content (AvgIpc) is 2.72. The number of hydrogen-bond acceptors (Lipinski definition) is 5. The zero-order valence-corrected chi connectivity index (χ0v) is 16.3. The van der Waals surface area contributed by atoms with E-state index in [0.717, 1.165) is 31.2 Å². The Labute approximate surface area is 164 Å². The summed E-state index contributed by atoms with van der Waals surface area (Å²) in [5, 5.41) is 8.78. The van der Waals surface area contributed by atoms with E-state index >= 15 is 0 Å². The minimum Gasteiger partial charge on any atom is -0.481 e. The Morgan fingerprint density at radius 1 is 1.11 bits per heavy atom. The van der Waals surface area contributed by atoms with E-state index in [1.807, 2.05) is 12.1 Å². The number of hydrazine groups is 1. The summed E-state index contributed by atoms with van der Waals surface area (Å²) in [6, 6.07) is 13.3. The van der Waals surface area contributed by atoms with Gasteiger partial charge >= 0.3 is 0 Å². The van der Waals surface area contributed by atoms with Crippen LogP contribution in [0.1, 0.15) is 36.5 Å². The molecule has 2 aromatic carbocycles. The van der Waals surface area contributed by atoms with Crippen molar-refractivity contribution in [2.24, 2.45) is 0 Å². The van der Waals surface area contributed by atoms with Crippen LogP contribution in [0.25, 0.3) is 0 Å². The summed E-state index contributed by atoms with van der Waals surface area (Å²) in [4.78, 5) is 14.4. The summed E-state index contributed by atoms with van der Waals surface area (Å²) in [6.07, 6.45) is 3.05. The number of carbonyl (C=O) groups is 1. The van der Waals surface area contributed by atoms with E-state index in [9.17, 15) is 13.2 Å². The zero-order valence-electron chi connectivity index (χ0n) is 15.4. The van der Waals surface area contributed by atoms with Crippen molar-refractivity contribution in [2.45, 2.75) is 43.6 Å². The second-order valence-corrected chi connectivity index (χ2v) is 8.31. The van der Waals surface area contributed by atoms with Gasteiger partial charge in [0, 0.05) is 0 Å². The third-order valence-corrected chi connectivity index (χ3v) is 5.85. The summed E-state index contributed by atoms with van der Waals surface area (Å²) >= 11 is 0. The van der Waals surface area contributed by atoms with E-state index < -0.39 is 22.0 Å². The van der Waals surface area contributed by atoms with E-state index in [1.54, 1.807) is 36.4 Å². The first-order valence-corrected chi connectivity index (χ1v) is 10.5. The molecule has 2 N–H and O–H groups in total. The van der Waals surface area contributed by atoms with Gasteiger partial charge in [0.05, 0.1) is 16.5 Å². The highest BCUT2D eigenvalue weighted by atomic mass is 32.2. The Morgan fingerprint density at radius 3 is 2.46 bits per heavy atom. The minimum absolute atomic E-state index is 0.120. The fourth-order valence-electron chi connectivity index (χ4n) is 3.02. The second-order valence-electron chi connectivity index (χ2n) is 6.63. The van der Waals surface area contributed by atoms with E-state index in [-0.39, 0.29) is 4.90 Å². The van der Waals surface area contributed by atoms with Crippen LogP contribution in [0.5, 0.6) is 5.75 Å². The highest BCUT2D eigenvalue weighted by Gasteiger charge is 2.21. The number of aryl methyl sites for hydroxylation is 2. The van der Waals surface area contributed by atoms with Gasteiger partial charge in [-0.3, -0.25) is 10.2 Å². The van der Waals surface area contributed by atoms with Gasteiger partial charge in [-0.1, -0.05) is 6.07 Å². The maximum atomic E-state index is 12.5. The molecule has 0 unspecified atom stereocenters. The molecule has 1 amide bonds. The molecule has 0 radical (unpaired) electrons. The van der Waals surface area contributed by atoms with Crippen LogP contribution in [0.3, 0.4) is 0 Å². The molecule has 2 aromatic rings.